The van der Waals surface area contributed by atoms with Crippen LogP contribution in [0.2, 0.25) is 0 Å². The minimum atomic E-state index is -0.570. The number of nitrogens with zero attached hydrogens (tertiary/aromatic N) is 4. The third-order valence-electron chi connectivity index (χ3n) is 4.99. The number of hydrogen-bond donors (Lipinski definition) is 0. The highest BCUT2D eigenvalue weighted by molar-refractivity contribution is 8.18. The molecule has 0 bridgehead atoms. The standard InChI is InChI=1S/C23H16N4O8S/c1-34-19-10-15(4-8-18(19)35-21-9-7-17(12-24-21)27(32)33)11-20-22(28)25(23(29)36-20)13-14-2-5-16(6-3-14)26(30)31/h2-12H,13H2,1H3/b20-11-. The molecule has 13 heteroatoms. The van der Waals surface area contributed by atoms with Crippen LogP contribution in [0.5, 0.6) is 17.4 Å². The van der Waals surface area contributed by atoms with Crippen molar-refractivity contribution in [3.05, 3.63) is 97.1 Å². The van der Waals surface area contributed by atoms with Crippen molar-refractivity contribution in [3.63, 3.8) is 0 Å². The average molecular weight is 508 g/mol. The van der Waals surface area contributed by atoms with E-state index in [1.165, 1.54) is 49.6 Å². The molecule has 1 aliphatic heterocycles. The fraction of sp³-hybridized carbons (Fsp3) is 0.0870. The SMILES string of the molecule is COc1cc(/C=C2\SC(=O)N(Cc3ccc([N+](=O)[O-])cc3)C2=O)ccc1Oc1ccc([N+](=O)[O-])cn1. The van der Waals surface area contributed by atoms with Crippen molar-refractivity contribution in [1.29, 1.82) is 0 Å². The van der Waals surface area contributed by atoms with Gasteiger partial charge in [0, 0.05) is 24.3 Å². The maximum absolute atomic E-state index is 12.8. The van der Waals surface area contributed by atoms with Crippen LogP contribution in [0.1, 0.15) is 11.1 Å². The Morgan fingerprint density at radius 1 is 0.972 bits per heavy atom. The van der Waals surface area contributed by atoms with Crippen molar-refractivity contribution in [2.45, 2.75) is 6.54 Å². The molecule has 4 rings (SSSR count). The highest BCUT2D eigenvalue weighted by Gasteiger charge is 2.35. The molecule has 1 aromatic heterocycles. The summed E-state index contributed by atoms with van der Waals surface area (Å²) in [5.74, 6) is 0.244. The van der Waals surface area contributed by atoms with E-state index >= 15 is 0 Å². The second kappa shape index (κ2) is 10.2. The van der Waals surface area contributed by atoms with Gasteiger partial charge in [-0.25, -0.2) is 4.98 Å². The summed E-state index contributed by atoms with van der Waals surface area (Å²) in [5, 5.41) is 21.1. The number of methoxy groups -OCH3 is 1. The third kappa shape index (κ3) is 5.31. The maximum Gasteiger partial charge on any atom is 0.293 e. The minimum absolute atomic E-state index is 0.0155. The van der Waals surface area contributed by atoms with Crippen LogP contribution >= 0.6 is 11.8 Å². The van der Waals surface area contributed by atoms with Gasteiger partial charge in [-0.05, 0) is 41.1 Å². The lowest BCUT2D eigenvalue weighted by Crippen LogP contribution is -2.27. The van der Waals surface area contributed by atoms with Gasteiger partial charge in [-0.1, -0.05) is 18.2 Å². The lowest BCUT2D eigenvalue weighted by Gasteiger charge is -2.12. The average Bonchev–Trinajstić information content (AvgIpc) is 3.12. The molecule has 0 unspecified atom stereocenters. The summed E-state index contributed by atoms with van der Waals surface area (Å²) >= 11 is 0.781. The monoisotopic (exact) mass is 508 g/mol. The van der Waals surface area contributed by atoms with Crippen molar-refractivity contribution < 1.29 is 28.9 Å². The molecular weight excluding hydrogens is 492 g/mol. The van der Waals surface area contributed by atoms with E-state index in [9.17, 15) is 29.8 Å². The molecule has 36 heavy (non-hydrogen) atoms. The van der Waals surface area contributed by atoms with Crippen LogP contribution in [0.15, 0.2) is 65.7 Å². The van der Waals surface area contributed by atoms with Gasteiger partial charge in [-0.3, -0.25) is 34.7 Å². The van der Waals surface area contributed by atoms with Crippen LogP contribution < -0.4 is 9.47 Å². The van der Waals surface area contributed by atoms with Gasteiger partial charge in [0.15, 0.2) is 11.5 Å². The summed E-state index contributed by atoms with van der Waals surface area (Å²) in [5.41, 5.74) is 0.884. The molecule has 2 heterocycles. The van der Waals surface area contributed by atoms with E-state index in [-0.39, 0.29) is 28.7 Å². The first-order chi connectivity index (χ1) is 17.2. The highest BCUT2D eigenvalue weighted by Crippen LogP contribution is 2.36. The number of pyridine rings is 1. The Morgan fingerprint density at radius 3 is 2.28 bits per heavy atom. The molecule has 1 fully saturated rings. The summed E-state index contributed by atoms with van der Waals surface area (Å²) in [4.78, 5) is 50.9. The molecular formula is C23H16N4O8S. The van der Waals surface area contributed by atoms with Crippen molar-refractivity contribution in [1.82, 2.24) is 9.88 Å². The van der Waals surface area contributed by atoms with Gasteiger partial charge in [-0.15, -0.1) is 0 Å². The number of carbonyl (C=O) groups is 2. The predicted molar refractivity (Wildman–Crippen MR) is 129 cm³/mol. The van der Waals surface area contributed by atoms with Gasteiger partial charge in [0.05, 0.1) is 28.4 Å². The second-order valence-electron chi connectivity index (χ2n) is 7.32. The largest absolute Gasteiger partial charge is 0.493 e. The first-order valence-corrected chi connectivity index (χ1v) is 11.0. The fourth-order valence-corrected chi connectivity index (χ4v) is 4.04. The van der Waals surface area contributed by atoms with Crippen LogP contribution in [0.3, 0.4) is 0 Å². The number of ether oxygens (including phenoxy) is 2. The zero-order valence-electron chi connectivity index (χ0n) is 18.5. The van der Waals surface area contributed by atoms with E-state index in [0.717, 1.165) is 22.9 Å². The number of rotatable bonds is 8. The van der Waals surface area contributed by atoms with Gasteiger partial charge in [0.1, 0.15) is 6.20 Å². The van der Waals surface area contributed by atoms with E-state index in [1.54, 1.807) is 18.2 Å². The van der Waals surface area contributed by atoms with Crippen LogP contribution in [0.4, 0.5) is 16.2 Å². The Morgan fingerprint density at radius 2 is 1.67 bits per heavy atom. The topological polar surface area (TPSA) is 155 Å². The summed E-state index contributed by atoms with van der Waals surface area (Å²) < 4.78 is 11.0. The van der Waals surface area contributed by atoms with E-state index in [2.05, 4.69) is 4.98 Å². The highest BCUT2D eigenvalue weighted by atomic mass is 32.2. The number of nitro groups is 2. The lowest BCUT2D eigenvalue weighted by atomic mass is 10.1. The predicted octanol–water partition coefficient (Wildman–Crippen LogP) is 4.94. The normalized spacial score (nSPS) is 14.2. The Labute approximate surface area is 207 Å². The van der Waals surface area contributed by atoms with Gasteiger partial charge in [-0.2, -0.15) is 0 Å². The molecule has 12 nitrogen and oxygen atoms in total. The van der Waals surface area contributed by atoms with Gasteiger partial charge in [0.25, 0.3) is 22.5 Å². The lowest BCUT2D eigenvalue weighted by molar-refractivity contribution is -0.385. The Hall–Kier alpha value is -4.78. The number of thioether (sulfide) groups is 1. The summed E-state index contributed by atoms with van der Waals surface area (Å²) in [6.45, 7) is -0.0155. The minimum Gasteiger partial charge on any atom is -0.493 e. The maximum atomic E-state index is 12.8. The zero-order chi connectivity index (χ0) is 25.8. The van der Waals surface area contributed by atoms with Crippen LogP contribution in [0, 0.1) is 20.2 Å². The van der Waals surface area contributed by atoms with Crippen molar-refractivity contribution >= 4 is 40.4 Å². The quantitative estimate of drug-likeness (QED) is 0.232. The number of amides is 2. The molecule has 0 atom stereocenters. The number of benzene rings is 2. The Kier molecular flexibility index (Phi) is 6.92. The molecule has 2 aromatic carbocycles. The van der Waals surface area contributed by atoms with Gasteiger partial charge in [0.2, 0.25) is 5.88 Å². The molecule has 182 valence electrons. The van der Waals surface area contributed by atoms with E-state index in [1.807, 2.05) is 0 Å². The first-order valence-electron chi connectivity index (χ1n) is 10.2. The summed E-state index contributed by atoms with van der Waals surface area (Å²) in [6.07, 6.45) is 2.61. The Balaban J connectivity index is 1.49. The van der Waals surface area contributed by atoms with Crippen molar-refractivity contribution in [2.75, 3.05) is 7.11 Å². The van der Waals surface area contributed by atoms with Crippen LogP contribution in [-0.4, -0.2) is 38.0 Å². The van der Waals surface area contributed by atoms with Crippen molar-refractivity contribution in [2.24, 2.45) is 0 Å². The summed E-state index contributed by atoms with van der Waals surface area (Å²) in [6, 6.07) is 13.1. The molecule has 1 aliphatic rings. The Bertz CT molecular complexity index is 1390. The van der Waals surface area contributed by atoms with E-state index < -0.39 is 21.0 Å². The molecule has 0 N–H and O–H groups in total. The zero-order valence-corrected chi connectivity index (χ0v) is 19.3. The van der Waals surface area contributed by atoms with Gasteiger partial charge >= 0.3 is 0 Å². The molecule has 0 aliphatic carbocycles. The number of imide groups is 1. The van der Waals surface area contributed by atoms with Crippen LogP contribution in [0.25, 0.3) is 6.08 Å². The van der Waals surface area contributed by atoms with E-state index in [4.69, 9.17) is 9.47 Å². The number of hydrogen-bond acceptors (Lipinski definition) is 10. The number of carbonyl (C=O) groups excluding carboxylic acids is 2. The first kappa shape index (κ1) is 24.3. The number of non-ortho nitro benzene ring substituents is 1. The molecule has 3 aromatic rings. The number of aromatic nitrogens is 1. The fourth-order valence-electron chi connectivity index (χ4n) is 3.21. The molecule has 0 spiro atoms. The van der Waals surface area contributed by atoms with Crippen LogP contribution in [-0.2, 0) is 11.3 Å². The third-order valence-corrected chi connectivity index (χ3v) is 5.90. The molecule has 1 saturated heterocycles. The number of nitro benzene ring substituents is 1. The van der Waals surface area contributed by atoms with E-state index in [0.29, 0.717) is 22.6 Å². The smallest absolute Gasteiger partial charge is 0.293 e. The summed E-state index contributed by atoms with van der Waals surface area (Å²) in [7, 11) is 1.42. The second-order valence-corrected chi connectivity index (χ2v) is 8.31. The molecule has 0 saturated carbocycles. The molecule has 2 amide bonds. The van der Waals surface area contributed by atoms with Crippen molar-refractivity contribution in [3.8, 4) is 17.4 Å². The molecule has 0 radical (unpaired) electrons. The van der Waals surface area contributed by atoms with Gasteiger partial charge < -0.3 is 9.47 Å².